The van der Waals surface area contributed by atoms with E-state index < -0.39 is 0 Å². The van der Waals surface area contributed by atoms with Gasteiger partial charge in [0.05, 0.1) is 6.33 Å². The minimum absolute atomic E-state index is 0.0862. The molecule has 5 nitrogen and oxygen atoms in total. The highest BCUT2D eigenvalue weighted by Gasteiger charge is 2.04. The number of aryl methyl sites for hydroxylation is 1. The van der Waals surface area contributed by atoms with Crippen molar-refractivity contribution < 1.29 is 4.79 Å². The zero-order valence-corrected chi connectivity index (χ0v) is 9.99. The Bertz CT molecular complexity index is 428. The van der Waals surface area contributed by atoms with Gasteiger partial charge in [-0.05, 0) is 13.8 Å². The van der Waals surface area contributed by atoms with Crippen molar-refractivity contribution in [2.45, 2.75) is 32.9 Å². The molecule has 88 valence electrons. The number of nitrogens with zero attached hydrogens (tertiary/aromatic N) is 2. The van der Waals surface area contributed by atoms with Gasteiger partial charge in [0, 0.05) is 25.1 Å². The van der Waals surface area contributed by atoms with E-state index in [0.29, 0.717) is 6.54 Å². The van der Waals surface area contributed by atoms with Crippen molar-refractivity contribution in [3.05, 3.63) is 27.9 Å². The second-order valence-electron chi connectivity index (χ2n) is 3.72. The zero-order valence-electron chi connectivity index (χ0n) is 9.24. The van der Waals surface area contributed by atoms with Crippen LogP contribution in [0, 0.1) is 0 Å². The molecule has 0 spiro atoms. The van der Waals surface area contributed by atoms with Gasteiger partial charge in [-0.1, -0.05) is 11.6 Å². The molecule has 1 aromatic rings. The molecule has 0 aliphatic heterocycles. The number of carbonyl (C=O) groups excluding carboxylic acids is 1. The van der Waals surface area contributed by atoms with E-state index in [4.69, 9.17) is 11.6 Å². The monoisotopic (exact) mass is 243 g/mol. The smallest absolute Gasteiger partial charge is 0.254 e. The van der Waals surface area contributed by atoms with Gasteiger partial charge in [-0.15, -0.1) is 0 Å². The van der Waals surface area contributed by atoms with Gasteiger partial charge in [-0.25, -0.2) is 4.98 Å². The zero-order chi connectivity index (χ0) is 12.1. The molecular formula is C10H14ClN3O2. The van der Waals surface area contributed by atoms with E-state index in [1.165, 1.54) is 17.0 Å². The lowest BCUT2D eigenvalue weighted by Gasteiger charge is -2.08. The van der Waals surface area contributed by atoms with E-state index in [-0.39, 0.29) is 29.1 Å². The van der Waals surface area contributed by atoms with E-state index in [1.54, 1.807) is 0 Å². The first kappa shape index (κ1) is 12.7. The molecule has 0 atom stereocenters. The molecule has 1 amide bonds. The summed E-state index contributed by atoms with van der Waals surface area (Å²) in [4.78, 5) is 26.5. The van der Waals surface area contributed by atoms with Crippen LogP contribution in [0.2, 0.25) is 5.15 Å². The van der Waals surface area contributed by atoms with Crippen molar-refractivity contribution >= 4 is 17.5 Å². The summed E-state index contributed by atoms with van der Waals surface area (Å²) in [6, 6.07) is 1.33. The third-order valence-electron chi connectivity index (χ3n) is 1.88. The average molecular weight is 244 g/mol. The van der Waals surface area contributed by atoms with E-state index in [1.807, 2.05) is 13.8 Å². The Kier molecular flexibility index (Phi) is 4.49. The van der Waals surface area contributed by atoms with Gasteiger partial charge in [-0.3, -0.25) is 14.2 Å². The van der Waals surface area contributed by atoms with Crippen LogP contribution in [0.5, 0.6) is 0 Å². The van der Waals surface area contributed by atoms with Gasteiger partial charge in [0.1, 0.15) is 5.15 Å². The molecule has 0 aliphatic rings. The Balaban J connectivity index is 2.55. The number of rotatable bonds is 4. The standard InChI is InChI=1S/C10H14ClN3O2/c1-7(2)13-9(15)3-4-14-6-12-8(11)5-10(14)16/h5-7H,3-4H2,1-2H3,(H,13,15). The number of carbonyl (C=O) groups is 1. The van der Waals surface area contributed by atoms with Crippen molar-refractivity contribution in [2.75, 3.05) is 0 Å². The molecule has 1 rings (SSSR count). The number of halogens is 1. The van der Waals surface area contributed by atoms with E-state index in [0.717, 1.165) is 0 Å². The number of aromatic nitrogens is 2. The van der Waals surface area contributed by atoms with Crippen LogP contribution in [0.3, 0.4) is 0 Å². The van der Waals surface area contributed by atoms with Gasteiger partial charge in [-0.2, -0.15) is 0 Å². The fourth-order valence-electron chi connectivity index (χ4n) is 1.19. The molecule has 1 N–H and O–H groups in total. The molecule has 0 saturated heterocycles. The first-order chi connectivity index (χ1) is 7.49. The van der Waals surface area contributed by atoms with Crippen LogP contribution in [-0.4, -0.2) is 21.5 Å². The normalized spacial score (nSPS) is 10.5. The first-order valence-corrected chi connectivity index (χ1v) is 5.38. The Morgan fingerprint density at radius 1 is 1.62 bits per heavy atom. The highest BCUT2D eigenvalue weighted by atomic mass is 35.5. The van der Waals surface area contributed by atoms with E-state index in [2.05, 4.69) is 10.3 Å². The number of hydrogen-bond acceptors (Lipinski definition) is 3. The Labute approximate surface area is 98.4 Å². The molecule has 0 saturated carbocycles. The van der Waals surface area contributed by atoms with Crippen molar-refractivity contribution in [3.8, 4) is 0 Å². The largest absolute Gasteiger partial charge is 0.354 e. The topological polar surface area (TPSA) is 64.0 Å². The number of amides is 1. The van der Waals surface area contributed by atoms with Crippen LogP contribution in [0.4, 0.5) is 0 Å². The summed E-state index contributed by atoms with van der Waals surface area (Å²) in [5, 5.41) is 2.90. The second-order valence-corrected chi connectivity index (χ2v) is 4.10. The molecule has 0 fully saturated rings. The van der Waals surface area contributed by atoms with Gasteiger partial charge in [0.25, 0.3) is 5.56 Å². The predicted molar refractivity (Wildman–Crippen MR) is 61.4 cm³/mol. The van der Waals surface area contributed by atoms with Crippen LogP contribution in [0.25, 0.3) is 0 Å². The molecule has 0 bridgehead atoms. The van der Waals surface area contributed by atoms with Gasteiger partial charge < -0.3 is 5.32 Å². The van der Waals surface area contributed by atoms with E-state index in [9.17, 15) is 9.59 Å². The first-order valence-electron chi connectivity index (χ1n) is 5.00. The van der Waals surface area contributed by atoms with Crippen molar-refractivity contribution in [1.29, 1.82) is 0 Å². The highest BCUT2D eigenvalue weighted by molar-refractivity contribution is 6.29. The Morgan fingerprint density at radius 2 is 2.31 bits per heavy atom. The summed E-state index contributed by atoms with van der Waals surface area (Å²) >= 11 is 5.54. The molecule has 1 heterocycles. The fourth-order valence-corrected chi connectivity index (χ4v) is 1.32. The summed E-state index contributed by atoms with van der Waals surface area (Å²) < 4.78 is 1.35. The van der Waals surface area contributed by atoms with Gasteiger partial charge >= 0.3 is 0 Å². The lowest BCUT2D eigenvalue weighted by molar-refractivity contribution is -0.121. The molecule has 1 aromatic heterocycles. The van der Waals surface area contributed by atoms with Gasteiger partial charge in [0.2, 0.25) is 5.91 Å². The average Bonchev–Trinajstić information content (AvgIpc) is 2.15. The van der Waals surface area contributed by atoms with Crippen molar-refractivity contribution in [1.82, 2.24) is 14.9 Å². The SMILES string of the molecule is CC(C)NC(=O)CCn1cnc(Cl)cc1=O. The summed E-state index contributed by atoms with van der Waals surface area (Å²) in [7, 11) is 0. The molecule has 0 unspecified atom stereocenters. The predicted octanol–water partition coefficient (Wildman–Crippen LogP) is 0.811. The minimum atomic E-state index is -0.252. The van der Waals surface area contributed by atoms with Crippen LogP contribution < -0.4 is 10.9 Å². The lowest BCUT2D eigenvalue weighted by atomic mass is 10.3. The van der Waals surface area contributed by atoms with Crippen molar-refractivity contribution in [2.24, 2.45) is 0 Å². The second kappa shape index (κ2) is 5.65. The third-order valence-corrected chi connectivity index (χ3v) is 2.08. The van der Waals surface area contributed by atoms with Gasteiger partial charge in [0.15, 0.2) is 0 Å². The minimum Gasteiger partial charge on any atom is -0.354 e. The molecule has 0 radical (unpaired) electrons. The molecule has 6 heteroatoms. The summed E-state index contributed by atoms with van der Waals surface area (Å²) in [6.07, 6.45) is 1.59. The molecule has 16 heavy (non-hydrogen) atoms. The van der Waals surface area contributed by atoms with Crippen molar-refractivity contribution in [3.63, 3.8) is 0 Å². The molecular weight excluding hydrogens is 230 g/mol. The van der Waals surface area contributed by atoms with E-state index >= 15 is 0 Å². The summed E-state index contributed by atoms with van der Waals surface area (Å²) in [6.45, 7) is 4.07. The molecule has 0 aromatic carbocycles. The van der Waals surface area contributed by atoms with Crippen LogP contribution >= 0.6 is 11.6 Å². The maximum atomic E-state index is 11.4. The Hall–Kier alpha value is -1.36. The van der Waals surface area contributed by atoms with Crippen LogP contribution in [0.1, 0.15) is 20.3 Å². The molecule has 0 aliphatic carbocycles. The van der Waals surface area contributed by atoms with Crippen LogP contribution in [0.15, 0.2) is 17.2 Å². The summed E-state index contributed by atoms with van der Waals surface area (Å²) in [5.74, 6) is -0.0862. The maximum Gasteiger partial charge on any atom is 0.254 e. The maximum absolute atomic E-state index is 11.4. The lowest BCUT2D eigenvalue weighted by Crippen LogP contribution is -2.31. The fraction of sp³-hybridized carbons (Fsp3) is 0.500. The summed E-state index contributed by atoms with van der Waals surface area (Å²) in [5.41, 5.74) is -0.252. The third kappa shape index (κ3) is 4.02. The quantitative estimate of drug-likeness (QED) is 0.796. The van der Waals surface area contributed by atoms with Crippen LogP contribution in [-0.2, 0) is 11.3 Å². The highest BCUT2D eigenvalue weighted by Crippen LogP contribution is 1.97. The number of nitrogens with one attached hydrogen (secondary N) is 1. The number of hydrogen-bond donors (Lipinski definition) is 1. The Morgan fingerprint density at radius 3 is 2.88 bits per heavy atom.